The van der Waals surface area contributed by atoms with Gasteiger partial charge in [0.1, 0.15) is 6.23 Å². The molecule has 0 aliphatic carbocycles. The van der Waals surface area contributed by atoms with Gasteiger partial charge in [0, 0.05) is 18.8 Å². The fraction of sp³-hybridized carbons (Fsp3) is 0.389. The Hall–Kier alpha value is -2.31. The van der Waals surface area contributed by atoms with Gasteiger partial charge in [0.05, 0.1) is 6.04 Å². The molecule has 2 aliphatic heterocycles. The first-order valence-corrected chi connectivity index (χ1v) is 7.90. The molecule has 2 aliphatic rings. The smallest absolute Gasteiger partial charge is 0.231 e. The van der Waals surface area contributed by atoms with E-state index in [9.17, 15) is 9.90 Å². The molecule has 0 fully saturated rings. The number of rotatable bonds is 5. The minimum absolute atomic E-state index is 0.0739. The monoisotopic (exact) mass is 330 g/mol. The second kappa shape index (κ2) is 6.67. The highest BCUT2D eigenvalue weighted by molar-refractivity contribution is 6.00. The Kier molecular flexibility index (Phi) is 4.59. The van der Waals surface area contributed by atoms with Crippen LogP contribution in [-0.4, -0.2) is 53.8 Å². The maximum absolute atomic E-state index is 12.7. The molecule has 0 saturated carbocycles. The highest BCUT2D eigenvalue weighted by atomic mass is 16.7. The third-order valence-electron chi connectivity index (χ3n) is 4.43. The summed E-state index contributed by atoms with van der Waals surface area (Å²) in [6.07, 6.45) is 5.67. The van der Waals surface area contributed by atoms with Crippen molar-refractivity contribution in [3.63, 3.8) is 0 Å². The molecular weight excluding hydrogens is 308 g/mol. The van der Waals surface area contributed by atoms with E-state index in [1.807, 2.05) is 30.4 Å². The molecule has 1 aromatic rings. The van der Waals surface area contributed by atoms with Crippen molar-refractivity contribution in [2.75, 3.05) is 20.9 Å². The number of hydrogen-bond acceptors (Lipinski definition) is 6. The van der Waals surface area contributed by atoms with E-state index in [0.29, 0.717) is 23.5 Å². The van der Waals surface area contributed by atoms with Crippen LogP contribution in [0.2, 0.25) is 0 Å². The molecule has 0 saturated heterocycles. The number of ketones is 1. The molecule has 6 nitrogen and oxygen atoms in total. The van der Waals surface area contributed by atoms with Crippen molar-refractivity contribution in [3.8, 4) is 11.5 Å². The zero-order valence-electron chi connectivity index (χ0n) is 14.1. The van der Waals surface area contributed by atoms with Gasteiger partial charge in [-0.2, -0.15) is 0 Å². The Labute approximate surface area is 141 Å². The van der Waals surface area contributed by atoms with Crippen LogP contribution in [0.1, 0.15) is 23.7 Å². The molecule has 1 aromatic carbocycles. The molecule has 1 N–H and O–H groups in total. The topological polar surface area (TPSA) is 62.2 Å². The average molecular weight is 330 g/mol. The number of nitrogens with zero attached hydrogens (tertiary/aromatic N) is 2. The second-order valence-electron chi connectivity index (χ2n) is 6.11. The number of hydrogen-bond donors (Lipinski definition) is 1. The molecule has 1 unspecified atom stereocenters. The lowest BCUT2D eigenvalue weighted by atomic mass is 10.0. The molecule has 2 heterocycles. The van der Waals surface area contributed by atoms with Gasteiger partial charge in [0.25, 0.3) is 0 Å². The molecule has 0 aromatic heterocycles. The number of likely N-dealkylation sites (N-methyl/N-ethyl adjacent to an activating group) is 1. The minimum atomic E-state index is -0.814. The molecule has 2 atom stereocenters. The largest absolute Gasteiger partial charge is 0.454 e. The minimum Gasteiger partial charge on any atom is -0.454 e. The van der Waals surface area contributed by atoms with E-state index in [4.69, 9.17) is 9.47 Å². The number of carbonyl (C=O) groups excluding carboxylic acids is 1. The van der Waals surface area contributed by atoms with E-state index in [0.717, 1.165) is 5.57 Å². The first-order valence-electron chi connectivity index (χ1n) is 7.90. The van der Waals surface area contributed by atoms with Crippen LogP contribution in [0.4, 0.5) is 0 Å². The molecule has 6 heteroatoms. The highest BCUT2D eigenvalue weighted by Gasteiger charge is 2.28. The zero-order chi connectivity index (χ0) is 17.3. The first-order chi connectivity index (χ1) is 11.5. The van der Waals surface area contributed by atoms with Gasteiger partial charge < -0.3 is 19.5 Å². The molecule has 0 spiro atoms. The number of fused-ring (bicyclic) bond motifs is 1. The van der Waals surface area contributed by atoms with Gasteiger partial charge in [-0.05, 0) is 50.4 Å². The summed E-state index contributed by atoms with van der Waals surface area (Å²) in [6.45, 7) is 1.97. The van der Waals surface area contributed by atoms with E-state index in [2.05, 4.69) is 0 Å². The van der Waals surface area contributed by atoms with Crippen molar-refractivity contribution in [3.05, 3.63) is 47.8 Å². The molecule has 0 amide bonds. The standard InChI is InChI=1S/C18H22N2O4/c1-12(20(3)18(22)14-5-4-8-19(2)10-14)17(21)13-6-7-15-16(9-13)24-11-23-15/h4,6-10,12,18,22H,5,11H2,1-3H3/t12-,18?/m1/s1. The van der Waals surface area contributed by atoms with Crippen LogP contribution in [0.25, 0.3) is 0 Å². The van der Waals surface area contributed by atoms with Crippen LogP contribution >= 0.6 is 0 Å². The maximum atomic E-state index is 12.7. The Bertz CT molecular complexity index is 698. The fourth-order valence-electron chi connectivity index (χ4n) is 2.83. The Morgan fingerprint density at radius 2 is 2.08 bits per heavy atom. The molecule has 24 heavy (non-hydrogen) atoms. The lowest BCUT2D eigenvalue weighted by Crippen LogP contribution is -2.44. The number of aliphatic hydroxyl groups is 1. The summed E-state index contributed by atoms with van der Waals surface area (Å²) in [5.74, 6) is 1.16. The predicted molar refractivity (Wildman–Crippen MR) is 89.7 cm³/mol. The summed E-state index contributed by atoms with van der Waals surface area (Å²) in [4.78, 5) is 16.3. The Morgan fingerprint density at radius 3 is 2.83 bits per heavy atom. The summed E-state index contributed by atoms with van der Waals surface area (Å²) in [7, 11) is 3.66. The number of Topliss-reactive ketones (excluding diaryl/α,β-unsaturated/α-hetero) is 1. The SMILES string of the molecule is C[C@H](C(=O)c1ccc2c(c1)OCO2)N(C)C(O)C1=CN(C)C=CC1. The van der Waals surface area contributed by atoms with Crippen LogP contribution in [0.3, 0.4) is 0 Å². The van der Waals surface area contributed by atoms with Crippen molar-refractivity contribution in [2.24, 2.45) is 0 Å². The Morgan fingerprint density at radius 1 is 1.33 bits per heavy atom. The molecule has 3 rings (SSSR count). The van der Waals surface area contributed by atoms with Gasteiger partial charge in [-0.15, -0.1) is 0 Å². The van der Waals surface area contributed by atoms with Crippen LogP contribution in [0.15, 0.2) is 42.2 Å². The summed E-state index contributed by atoms with van der Waals surface area (Å²) in [5, 5.41) is 10.6. The third-order valence-corrected chi connectivity index (χ3v) is 4.43. The molecule has 0 radical (unpaired) electrons. The van der Waals surface area contributed by atoms with Crippen LogP contribution < -0.4 is 9.47 Å². The van der Waals surface area contributed by atoms with E-state index in [1.165, 1.54) is 0 Å². The van der Waals surface area contributed by atoms with Gasteiger partial charge in [-0.25, -0.2) is 0 Å². The van der Waals surface area contributed by atoms with Crippen molar-refractivity contribution < 1.29 is 19.4 Å². The third kappa shape index (κ3) is 3.16. The van der Waals surface area contributed by atoms with Crippen molar-refractivity contribution >= 4 is 5.78 Å². The van der Waals surface area contributed by atoms with Crippen molar-refractivity contribution in [2.45, 2.75) is 25.6 Å². The zero-order valence-corrected chi connectivity index (χ0v) is 14.1. The van der Waals surface area contributed by atoms with Crippen LogP contribution in [-0.2, 0) is 0 Å². The number of carbonyl (C=O) groups is 1. The summed E-state index contributed by atoms with van der Waals surface area (Å²) in [5.41, 5.74) is 1.40. The number of ether oxygens (including phenoxy) is 2. The van der Waals surface area contributed by atoms with Crippen LogP contribution in [0, 0.1) is 0 Å². The molecule has 128 valence electrons. The van der Waals surface area contributed by atoms with E-state index in [1.54, 1.807) is 37.1 Å². The van der Waals surface area contributed by atoms with Crippen LogP contribution in [0.5, 0.6) is 11.5 Å². The van der Waals surface area contributed by atoms with Gasteiger partial charge >= 0.3 is 0 Å². The summed E-state index contributed by atoms with van der Waals surface area (Å²) in [6, 6.07) is 4.68. The van der Waals surface area contributed by atoms with Gasteiger partial charge in [-0.3, -0.25) is 9.69 Å². The maximum Gasteiger partial charge on any atom is 0.231 e. The van der Waals surface area contributed by atoms with E-state index < -0.39 is 12.3 Å². The normalized spacial score (nSPS) is 18.5. The van der Waals surface area contributed by atoms with E-state index >= 15 is 0 Å². The molecule has 0 bridgehead atoms. The average Bonchev–Trinajstić information content (AvgIpc) is 3.06. The van der Waals surface area contributed by atoms with Crippen molar-refractivity contribution in [1.29, 1.82) is 0 Å². The van der Waals surface area contributed by atoms with Gasteiger partial charge in [-0.1, -0.05) is 6.08 Å². The fourth-order valence-corrected chi connectivity index (χ4v) is 2.83. The quantitative estimate of drug-likeness (QED) is 0.658. The lowest BCUT2D eigenvalue weighted by Gasteiger charge is -2.31. The number of aliphatic hydroxyl groups excluding tert-OH is 1. The molecular formula is C18H22N2O4. The summed E-state index contributed by atoms with van der Waals surface area (Å²) >= 11 is 0. The highest BCUT2D eigenvalue weighted by Crippen LogP contribution is 2.33. The first kappa shape index (κ1) is 16.5. The lowest BCUT2D eigenvalue weighted by molar-refractivity contribution is 0.0238. The van der Waals surface area contributed by atoms with Crippen molar-refractivity contribution in [1.82, 2.24) is 9.80 Å². The predicted octanol–water partition coefficient (Wildman–Crippen LogP) is 1.97. The number of benzene rings is 1. The Balaban J connectivity index is 1.73. The van der Waals surface area contributed by atoms with Gasteiger partial charge in [0.15, 0.2) is 17.3 Å². The van der Waals surface area contributed by atoms with Gasteiger partial charge in [0.2, 0.25) is 6.79 Å². The second-order valence-corrected chi connectivity index (χ2v) is 6.11. The number of allylic oxidation sites excluding steroid dienone is 1. The summed E-state index contributed by atoms with van der Waals surface area (Å²) < 4.78 is 10.6. The van der Waals surface area contributed by atoms with E-state index in [-0.39, 0.29) is 12.6 Å².